The van der Waals surface area contributed by atoms with Crippen LogP contribution in [-0.2, 0) is 0 Å². The Morgan fingerprint density at radius 1 is 1.18 bits per heavy atom. The van der Waals surface area contributed by atoms with Gasteiger partial charge in [-0.1, -0.05) is 61.2 Å². The van der Waals surface area contributed by atoms with E-state index in [0.29, 0.717) is 0 Å². The molecule has 1 aromatic rings. The molecular weight excluding hydrogens is 208 g/mol. The SMILES string of the molecule is C=C(/C=C\C=C/C)/C(C)=C(/O)c1ccccc1. The smallest absolute Gasteiger partial charge is 0.126 e. The Morgan fingerprint density at radius 3 is 2.41 bits per heavy atom. The maximum Gasteiger partial charge on any atom is 0.126 e. The van der Waals surface area contributed by atoms with Gasteiger partial charge in [-0.15, -0.1) is 0 Å². The molecule has 1 N–H and O–H groups in total. The average Bonchev–Trinajstić information content (AvgIpc) is 2.38. The summed E-state index contributed by atoms with van der Waals surface area (Å²) in [5.41, 5.74) is 2.41. The monoisotopic (exact) mass is 226 g/mol. The van der Waals surface area contributed by atoms with Gasteiger partial charge in [0, 0.05) is 5.56 Å². The summed E-state index contributed by atoms with van der Waals surface area (Å²) in [7, 11) is 0. The van der Waals surface area contributed by atoms with Crippen molar-refractivity contribution in [3.05, 3.63) is 77.9 Å². The fourth-order valence-electron chi connectivity index (χ4n) is 1.37. The van der Waals surface area contributed by atoms with Gasteiger partial charge in [-0.2, -0.15) is 0 Å². The molecule has 1 aromatic carbocycles. The van der Waals surface area contributed by atoms with Crippen molar-refractivity contribution in [3.63, 3.8) is 0 Å². The summed E-state index contributed by atoms with van der Waals surface area (Å²) in [6, 6.07) is 9.48. The van der Waals surface area contributed by atoms with E-state index in [4.69, 9.17) is 0 Å². The number of hydrogen-bond donors (Lipinski definition) is 1. The predicted molar refractivity (Wildman–Crippen MR) is 74.8 cm³/mol. The quantitative estimate of drug-likeness (QED) is 0.584. The van der Waals surface area contributed by atoms with Gasteiger partial charge in [0.05, 0.1) is 0 Å². The Kier molecular flexibility index (Phi) is 5.02. The Bertz CT molecular complexity index is 462. The minimum absolute atomic E-state index is 0.278. The molecule has 0 atom stereocenters. The standard InChI is InChI=1S/C16H18O/c1-4-5-7-10-13(2)14(3)16(17)15-11-8-6-9-12-15/h4-12,17H,2H2,1,3H3/b5-4-,10-7-,16-14+. The molecule has 0 aliphatic heterocycles. The summed E-state index contributed by atoms with van der Waals surface area (Å²) in [5.74, 6) is 0.278. The molecule has 1 rings (SSSR count). The normalized spacial score (nSPS) is 13.1. The second kappa shape index (κ2) is 6.54. The van der Waals surface area contributed by atoms with Crippen molar-refractivity contribution in [2.45, 2.75) is 13.8 Å². The van der Waals surface area contributed by atoms with E-state index < -0.39 is 0 Å². The van der Waals surface area contributed by atoms with Gasteiger partial charge in [-0.05, 0) is 25.0 Å². The molecule has 0 saturated heterocycles. The van der Waals surface area contributed by atoms with Crippen LogP contribution in [-0.4, -0.2) is 5.11 Å². The summed E-state index contributed by atoms with van der Waals surface area (Å²) in [6.07, 6.45) is 7.66. The van der Waals surface area contributed by atoms with Gasteiger partial charge in [-0.25, -0.2) is 0 Å². The number of hydrogen-bond acceptors (Lipinski definition) is 1. The van der Waals surface area contributed by atoms with Crippen LogP contribution in [0, 0.1) is 0 Å². The molecule has 0 amide bonds. The van der Waals surface area contributed by atoms with Crippen molar-refractivity contribution in [2.75, 3.05) is 0 Å². The number of rotatable bonds is 4. The first-order valence-corrected chi connectivity index (χ1v) is 5.60. The molecule has 0 aromatic heterocycles. The van der Waals surface area contributed by atoms with E-state index in [0.717, 1.165) is 16.7 Å². The highest BCUT2D eigenvalue weighted by Crippen LogP contribution is 2.20. The van der Waals surface area contributed by atoms with E-state index in [2.05, 4.69) is 6.58 Å². The number of allylic oxidation sites excluding steroid dienone is 6. The molecule has 0 saturated carbocycles. The lowest BCUT2D eigenvalue weighted by molar-refractivity contribution is 0.507. The van der Waals surface area contributed by atoms with E-state index in [-0.39, 0.29) is 5.76 Å². The summed E-state index contributed by atoms with van der Waals surface area (Å²) in [4.78, 5) is 0. The van der Waals surface area contributed by atoms with Gasteiger partial charge in [0.2, 0.25) is 0 Å². The zero-order valence-corrected chi connectivity index (χ0v) is 10.4. The van der Waals surface area contributed by atoms with Crippen molar-refractivity contribution < 1.29 is 5.11 Å². The van der Waals surface area contributed by atoms with E-state index in [1.165, 1.54) is 0 Å². The first-order chi connectivity index (χ1) is 8.16. The van der Waals surface area contributed by atoms with E-state index in [9.17, 15) is 5.11 Å². The number of aliphatic hydroxyl groups is 1. The Morgan fingerprint density at radius 2 is 1.82 bits per heavy atom. The van der Waals surface area contributed by atoms with Gasteiger partial charge in [-0.3, -0.25) is 0 Å². The first-order valence-electron chi connectivity index (χ1n) is 5.60. The van der Waals surface area contributed by atoms with Crippen LogP contribution < -0.4 is 0 Å². The topological polar surface area (TPSA) is 20.2 Å². The molecular formula is C16H18O. The molecule has 0 aliphatic rings. The Hall–Kier alpha value is -2.02. The Labute approximate surface area is 103 Å². The van der Waals surface area contributed by atoms with Crippen molar-refractivity contribution in [2.24, 2.45) is 0 Å². The molecule has 0 fully saturated rings. The second-order valence-electron chi connectivity index (χ2n) is 3.75. The van der Waals surface area contributed by atoms with Gasteiger partial charge in [0.15, 0.2) is 0 Å². The molecule has 0 heterocycles. The molecule has 0 aliphatic carbocycles. The summed E-state index contributed by atoms with van der Waals surface area (Å²) in [5, 5.41) is 10.1. The zero-order chi connectivity index (χ0) is 12.7. The van der Waals surface area contributed by atoms with Crippen LogP contribution in [0.5, 0.6) is 0 Å². The van der Waals surface area contributed by atoms with Crippen LogP contribution in [0.4, 0.5) is 0 Å². The number of aliphatic hydroxyl groups excluding tert-OH is 1. The molecule has 0 spiro atoms. The molecule has 88 valence electrons. The summed E-state index contributed by atoms with van der Waals surface area (Å²) >= 11 is 0. The largest absolute Gasteiger partial charge is 0.507 e. The molecule has 0 radical (unpaired) electrons. The maximum atomic E-state index is 10.1. The van der Waals surface area contributed by atoms with Crippen LogP contribution in [0.15, 0.2) is 72.4 Å². The van der Waals surface area contributed by atoms with Crippen molar-refractivity contribution in [1.82, 2.24) is 0 Å². The summed E-state index contributed by atoms with van der Waals surface area (Å²) < 4.78 is 0. The van der Waals surface area contributed by atoms with E-state index in [1.807, 2.05) is 68.5 Å². The van der Waals surface area contributed by atoms with Gasteiger partial charge < -0.3 is 5.11 Å². The van der Waals surface area contributed by atoms with Crippen LogP contribution in [0.1, 0.15) is 19.4 Å². The van der Waals surface area contributed by atoms with Gasteiger partial charge >= 0.3 is 0 Å². The van der Waals surface area contributed by atoms with Crippen LogP contribution >= 0.6 is 0 Å². The summed E-state index contributed by atoms with van der Waals surface area (Å²) in [6.45, 7) is 7.76. The minimum atomic E-state index is 0.278. The molecule has 0 unspecified atom stereocenters. The van der Waals surface area contributed by atoms with Crippen LogP contribution in [0.25, 0.3) is 5.76 Å². The van der Waals surface area contributed by atoms with E-state index in [1.54, 1.807) is 0 Å². The third kappa shape index (κ3) is 3.80. The fourth-order valence-corrected chi connectivity index (χ4v) is 1.37. The predicted octanol–water partition coefficient (Wildman–Crippen LogP) is 4.66. The maximum absolute atomic E-state index is 10.1. The van der Waals surface area contributed by atoms with Crippen LogP contribution in [0.2, 0.25) is 0 Å². The number of benzene rings is 1. The molecule has 1 nitrogen and oxygen atoms in total. The van der Waals surface area contributed by atoms with Crippen molar-refractivity contribution >= 4 is 5.76 Å². The molecule has 17 heavy (non-hydrogen) atoms. The highest BCUT2D eigenvalue weighted by Gasteiger charge is 2.04. The van der Waals surface area contributed by atoms with Gasteiger partial charge in [0.1, 0.15) is 5.76 Å². The van der Waals surface area contributed by atoms with E-state index >= 15 is 0 Å². The lowest BCUT2D eigenvalue weighted by Crippen LogP contribution is -1.89. The third-order valence-electron chi connectivity index (χ3n) is 2.49. The highest BCUT2D eigenvalue weighted by molar-refractivity contribution is 5.66. The second-order valence-corrected chi connectivity index (χ2v) is 3.75. The van der Waals surface area contributed by atoms with Crippen molar-refractivity contribution in [3.8, 4) is 0 Å². The fraction of sp³-hybridized carbons (Fsp3) is 0.125. The highest BCUT2D eigenvalue weighted by atomic mass is 16.3. The average molecular weight is 226 g/mol. The lowest BCUT2D eigenvalue weighted by atomic mass is 10.0. The first kappa shape index (κ1) is 13.0. The minimum Gasteiger partial charge on any atom is -0.507 e. The molecule has 1 heteroatoms. The zero-order valence-electron chi connectivity index (χ0n) is 10.4. The van der Waals surface area contributed by atoms with Crippen molar-refractivity contribution in [1.29, 1.82) is 0 Å². The van der Waals surface area contributed by atoms with Gasteiger partial charge in [0.25, 0.3) is 0 Å². The Balaban J connectivity index is 2.94. The molecule has 0 bridgehead atoms. The third-order valence-corrected chi connectivity index (χ3v) is 2.49. The lowest BCUT2D eigenvalue weighted by Gasteiger charge is -2.06. The van der Waals surface area contributed by atoms with Crippen LogP contribution in [0.3, 0.4) is 0 Å².